The van der Waals surface area contributed by atoms with Gasteiger partial charge < -0.3 is 10.2 Å². The highest BCUT2D eigenvalue weighted by Crippen LogP contribution is 2.13. The summed E-state index contributed by atoms with van der Waals surface area (Å²) in [4.78, 5) is 28.1. The van der Waals surface area contributed by atoms with Crippen LogP contribution in [0.5, 0.6) is 0 Å². The van der Waals surface area contributed by atoms with Crippen molar-refractivity contribution in [3.8, 4) is 0 Å². The second-order valence-corrected chi connectivity index (χ2v) is 6.41. The number of rotatable bonds is 9. The van der Waals surface area contributed by atoms with E-state index in [1.807, 2.05) is 6.07 Å². The van der Waals surface area contributed by atoms with Crippen molar-refractivity contribution in [1.82, 2.24) is 9.80 Å². The Morgan fingerprint density at radius 1 is 1.21 bits per heavy atom. The topological polar surface area (TPSA) is 52.7 Å². The van der Waals surface area contributed by atoms with Gasteiger partial charge in [0.1, 0.15) is 0 Å². The molecule has 0 bridgehead atoms. The lowest BCUT2D eigenvalue weighted by atomic mass is 10.1. The molecular weight excluding hydrogens is 302 g/mol. The predicted octanol–water partition coefficient (Wildman–Crippen LogP) is 3.23. The highest BCUT2D eigenvalue weighted by Gasteiger charge is 2.16. The highest BCUT2D eigenvalue weighted by atomic mass is 16.2. The lowest BCUT2D eigenvalue weighted by Gasteiger charge is -2.27. The first-order valence-corrected chi connectivity index (χ1v) is 8.74. The van der Waals surface area contributed by atoms with Crippen molar-refractivity contribution < 1.29 is 9.59 Å². The molecule has 0 radical (unpaired) electrons. The minimum atomic E-state index is -0.0738. The fraction of sp³-hybridized carbons (Fsp3) is 0.579. The molecule has 1 rings (SSSR count). The summed E-state index contributed by atoms with van der Waals surface area (Å²) in [6, 6.07) is 7.45. The number of carbonyl (C=O) groups is 2. The fourth-order valence-corrected chi connectivity index (χ4v) is 2.45. The third-order valence-corrected chi connectivity index (χ3v) is 4.16. The second kappa shape index (κ2) is 10.1. The van der Waals surface area contributed by atoms with Crippen LogP contribution < -0.4 is 5.32 Å². The molecule has 2 amide bonds. The molecule has 1 N–H and O–H groups in total. The van der Waals surface area contributed by atoms with Gasteiger partial charge in [-0.1, -0.05) is 26.3 Å². The molecule has 0 aliphatic rings. The summed E-state index contributed by atoms with van der Waals surface area (Å²) >= 11 is 0. The molecule has 134 valence electrons. The molecule has 0 aliphatic carbocycles. The van der Waals surface area contributed by atoms with Gasteiger partial charge >= 0.3 is 0 Å². The minimum absolute atomic E-state index is 0.0409. The Balaban J connectivity index is 2.72. The van der Waals surface area contributed by atoms with Gasteiger partial charge in [-0.15, -0.1) is 0 Å². The molecule has 1 aromatic rings. The number of benzene rings is 1. The summed E-state index contributed by atoms with van der Waals surface area (Å²) in [5.41, 5.74) is 1.23. The van der Waals surface area contributed by atoms with E-state index in [0.717, 1.165) is 25.8 Å². The number of nitrogens with zero attached hydrogens (tertiary/aromatic N) is 2. The minimum Gasteiger partial charge on any atom is -0.345 e. The zero-order valence-corrected chi connectivity index (χ0v) is 15.6. The van der Waals surface area contributed by atoms with Gasteiger partial charge in [0.15, 0.2) is 0 Å². The number of anilines is 1. The quantitative estimate of drug-likeness (QED) is 0.755. The SMILES string of the molecule is CCCCN(CC(=O)Nc1cccc(C(=O)N(C)C)c1)C(C)CC. The summed E-state index contributed by atoms with van der Waals surface area (Å²) in [5.74, 6) is -0.115. The van der Waals surface area contributed by atoms with E-state index >= 15 is 0 Å². The largest absolute Gasteiger partial charge is 0.345 e. The summed E-state index contributed by atoms with van der Waals surface area (Å²) < 4.78 is 0. The highest BCUT2D eigenvalue weighted by molar-refractivity contribution is 5.97. The molecule has 0 saturated heterocycles. The van der Waals surface area contributed by atoms with Crippen LogP contribution in [0.1, 0.15) is 50.4 Å². The van der Waals surface area contributed by atoms with E-state index in [9.17, 15) is 9.59 Å². The van der Waals surface area contributed by atoms with Crippen molar-refractivity contribution in [2.75, 3.05) is 32.5 Å². The van der Waals surface area contributed by atoms with E-state index in [1.54, 1.807) is 32.3 Å². The van der Waals surface area contributed by atoms with Crippen LogP contribution in [-0.2, 0) is 4.79 Å². The number of unbranched alkanes of at least 4 members (excludes halogenated alkanes) is 1. The Morgan fingerprint density at radius 2 is 1.92 bits per heavy atom. The summed E-state index contributed by atoms with van der Waals surface area (Å²) in [6.45, 7) is 7.75. The first-order valence-electron chi connectivity index (χ1n) is 8.74. The van der Waals surface area contributed by atoms with E-state index in [1.165, 1.54) is 4.90 Å². The first-order chi connectivity index (χ1) is 11.4. The zero-order valence-electron chi connectivity index (χ0n) is 15.6. The van der Waals surface area contributed by atoms with E-state index < -0.39 is 0 Å². The smallest absolute Gasteiger partial charge is 0.253 e. The fourth-order valence-electron chi connectivity index (χ4n) is 2.45. The van der Waals surface area contributed by atoms with Crippen LogP contribution in [0.2, 0.25) is 0 Å². The third-order valence-electron chi connectivity index (χ3n) is 4.16. The van der Waals surface area contributed by atoms with Crippen LogP contribution >= 0.6 is 0 Å². The first kappa shape index (κ1) is 20.2. The molecule has 0 heterocycles. The maximum absolute atomic E-state index is 12.4. The number of amides is 2. The van der Waals surface area contributed by atoms with E-state index in [2.05, 4.69) is 31.0 Å². The Hall–Kier alpha value is -1.88. The molecule has 5 nitrogen and oxygen atoms in total. The summed E-state index contributed by atoms with van der Waals surface area (Å²) in [6.07, 6.45) is 3.22. The van der Waals surface area contributed by atoms with Crippen LogP contribution in [-0.4, -0.2) is 54.8 Å². The maximum Gasteiger partial charge on any atom is 0.253 e. The summed E-state index contributed by atoms with van der Waals surface area (Å²) in [7, 11) is 3.43. The molecule has 1 aromatic carbocycles. The van der Waals surface area contributed by atoms with Crippen molar-refractivity contribution in [3.05, 3.63) is 29.8 Å². The molecule has 5 heteroatoms. The lowest BCUT2D eigenvalue weighted by molar-refractivity contribution is -0.117. The Morgan fingerprint density at radius 3 is 2.50 bits per heavy atom. The van der Waals surface area contributed by atoms with Crippen LogP contribution in [0, 0.1) is 0 Å². The average molecular weight is 333 g/mol. The van der Waals surface area contributed by atoms with Gasteiger partial charge in [0.25, 0.3) is 5.91 Å². The van der Waals surface area contributed by atoms with Crippen molar-refractivity contribution in [2.24, 2.45) is 0 Å². The van der Waals surface area contributed by atoms with Gasteiger partial charge in [-0.2, -0.15) is 0 Å². The predicted molar refractivity (Wildman–Crippen MR) is 99.3 cm³/mol. The molecule has 0 fully saturated rings. The number of hydrogen-bond acceptors (Lipinski definition) is 3. The van der Waals surface area contributed by atoms with E-state index in [-0.39, 0.29) is 11.8 Å². The van der Waals surface area contributed by atoms with Gasteiger partial charge in [-0.05, 0) is 44.5 Å². The van der Waals surface area contributed by atoms with Crippen molar-refractivity contribution in [2.45, 2.75) is 46.1 Å². The molecule has 24 heavy (non-hydrogen) atoms. The van der Waals surface area contributed by atoms with Crippen LogP contribution in [0.25, 0.3) is 0 Å². The van der Waals surface area contributed by atoms with Crippen LogP contribution in [0.3, 0.4) is 0 Å². The Bertz CT molecular complexity index is 543. The van der Waals surface area contributed by atoms with Crippen LogP contribution in [0.4, 0.5) is 5.69 Å². The number of hydrogen-bond donors (Lipinski definition) is 1. The van der Waals surface area contributed by atoms with Crippen molar-refractivity contribution >= 4 is 17.5 Å². The standard InChI is InChI=1S/C19H31N3O2/c1-6-8-12-22(15(3)7-2)14-18(23)20-17-11-9-10-16(13-17)19(24)21(4)5/h9-11,13,15H,6-8,12,14H2,1-5H3,(H,20,23). The molecule has 0 aromatic heterocycles. The van der Waals surface area contributed by atoms with E-state index in [0.29, 0.717) is 23.8 Å². The zero-order chi connectivity index (χ0) is 18.1. The van der Waals surface area contributed by atoms with Gasteiger partial charge in [0.05, 0.1) is 6.54 Å². The molecule has 0 aliphatic heterocycles. The lowest BCUT2D eigenvalue weighted by Crippen LogP contribution is -2.39. The summed E-state index contributed by atoms with van der Waals surface area (Å²) in [5, 5.41) is 2.91. The van der Waals surface area contributed by atoms with Gasteiger partial charge in [0, 0.05) is 31.4 Å². The Labute approximate surface area is 146 Å². The van der Waals surface area contributed by atoms with Crippen molar-refractivity contribution in [3.63, 3.8) is 0 Å². The van der Waals surface area contributed by atoms with E-state index in [4.69, 9.17) is 0 Å². The van der Waals surface area contributed by atoms with Gasteiger partial charge in [0.2, 0.25) is 5.91 Å². The second-order valence-electron chi connectivity index (χ2n) is 6.41. The number of carbonyl (C=O) groups excluding carboxylic acids is 2. The monoisotopic (exact) mass is 333 g/mol. The maximum atomic E-state index is 12.4. The average Bonchev–Trinajstić information content (AvgIpc) is 2.57. The molecule has 0 spiro atoms. The molecular formula is C19H31N3O2. The van der Waals surface area contributed by atoms with Crippen LogP contribution in [0.15, 0.2) is 24.3 Å². The Kier molecular flexibility index (Phi) is 8.47. The molecule has 1 atom stereocenters. The number of nitrogens with one attached hydrogen (secondary N) is 1. The molecule has 0 saturated carbocycles. The van der Waals surface area contributed by atoms with Gasteiger partial charge in [-0.3, -0.25) is 14.5 Å². The molecule has 1 unspecified atom stereocenters. The van der Waals surface area contributed by atoms with Gasteiger partial charge in [-0.25, -0.2) is 0 Å². The van der Waals surface area contributed by atoms with Crippen molar-refractivity contribution in [1.29, 1.82) is 0 Å². The third kappa shape index (κ3) is 6.32. The normalized spacial score (nSPS) is 12.1.